The van der Waals surface area contributed by atoms with Crippen molar-refractivity contribution in [1.82, 2.24) is 0 Å². The van der Waals surface area contributed by atoms with Gasteiger partial charge < -0.3 is 9.84 Å². The van der Waals surface area contributed by atoms with Crippen molar-refractivity contribution in [1.29, 1.82) is 0 Å². The van der Waals surface area contributed by atoms with Gasteiger partial charge in [0.1, 0.15) is 11.5 Å². The molecule has 0 spiro atoms. The fraction of sp³-hybridized carbons (Fsp3) is 0.133. The van der Waals surface area contributed by atoms with E-state index in [1.54, 1.807) is 31.4 Å². The third kappa shape index (κ3) is 3.75. The second-order valence-corrected chi connectivity index (χ2v) is 8.76. The first-order valence-electron chi connectivity index (χ1n) is 11.4. The molecule has 0 radical (unpaired) electrons. The zero-order valence-electron chi connectivity index (χ0n) is 19.8. The van der Waals surface area contributed by atoms with E-state index in [4.69, 9.17) is 4.74 Å². The molecule has 0 aliphatic carbocycles. The summed E-state index contributed by atoms with van der Waals surface area (Å²) in [6.45, 7) is 3.80. The summed E-state index contributed by atoms with van der Waals surface area (Å²) in [6, 6.07) is 25.5. The molecule has 5 nitrogen and oxygen atoms in total. The molecule has 35 heavy (non-hydrogen) atoms. The van der Waals surface area contributed by atoms with Gasteiger partial charge in [0.25, 0.3) is 11.7 Å². The Labute approximate surface area is 203 Å². The maximum atomic E-state index is 13.5. The number of hydrogen-bond donors (Lipinski definition) is 1. The number of ketones is 1. The normalized spacial score (nSPS) is 17.2. The molecular formula is C30H25NO4. The van der Waals surface area contributed by atoms with E-state index in [-0.39, 0.29) is 11.3 Å². The molecule has 4 aromatic rings. The van der Waals surface area contributed by atoms with Crippen LogP contribution in [-0.2, 0) is 9.59 Å². The van der Waals surface area contributed by atoms with Crippen molar-refractivity contribution in [2.75, 3.05) is 12.0 Å². The van der Waals surface area contributed by atoms with Crippen LogP contribution in [0.25, 0.3) is 16.5 Å². The number of aryl methyl sites for hydroxylation is 2. The number of nitrogens with zero attached hydrogens (tertiary/aromatic N) is 1. The number of benzene rings is 4. The molecule has 0 bridgehead atoms. The first-order valence-corrected chi connectivity index (χ1v) is 11.4. The van der Waals surface area contributed by atoms with Crippen LogP contribution >= 0.6 is 0 Å². The molecule has 1 N–H and O–H groups in total. The second kappa shape index (κ2) is 8.76. The van der Waals surface area contributed by atoms with Crippen molar-refractivity contribution >= 4 is 33.9 Å². The van der Waals surface area contributed by atoms with Crippen LogP contribution in [-0.4, -0.2) is 23.9 Å². The molecule has 1 aliphatic rings. The number of hydrogen-bond acceptors (Lipinski definition) is 4. The molecule has 0 aromatic heterocycles. The third-order valence-electron chi connectivity index (χ3n) is 6.54. The van der Waals surface area contributed by atoms with Crippen LogP contribution in [0.15, 0.2) is 90.5 Å². The number of aliphatic hydroxyl groups excluding tert-OH is 1. The number of Topliss-reactive ketones (excluding diaryl/α,β-unsaturated/α-hetero) is 1. The molecule has 1 fully saturated rings. The predicted octanol–water partition coefficient (Wildman–Crippen LogP) is 6.09. The predicted molar refractivity (Wildman–Crippen MR) is 138 cm³/mol. The van der Waals surface area contributed by atoms with Crippen LogP contribution in [0.4, 0.5) is 5.69 Å². The molecule has 1 amide bonds. The Morgan fingerprint density at radius 2 is 1.63 bits per heavy atom. The fourth-order valence-corrected chi connectivity index (χ4v) is 4.78. The smallest absolute Gasteiger partial charge is 0.300 e. The highest BCUT2D eigenvalue weighted by Crippen LogP contribution is 2.45. The van der Waals surface area contributed by atoms with Crippen LogP contribution in [0.2, 0.25) is 0 Å². The van der Waals surface area contributed by atoms with Crippen molar-refractivity contribution in [3.05, 3.63) is 113 Å². The van der Waals surface area contributed by atoms with Crippen molar-refractivity contribution in [3.63, 3.8) is 0 Å². The van der Waals surface area contributed by atoms with Gasteiger partial charge in [-0.05, 0) is 53.9 Å². The van der Waals surface area contributed by atoms with Gasteiger partial charge in [0.05, 0.1) is 18.7 Å². The molecule has 1 unspecified atom stereocenters. The van der Waals surface area contributed by atoms with E-state index in [1.807, 2.05) is 74.5 Å². The Kier molecular flexibility index (Phi) is 5.61. The number of methoxy groups -OCH3 is 1. The highest BCUT2D eigenvalue weighted by molar-refractivity contribution is 6.52. The summed E-state index contributed by atoms with van der Waals surface area (Å²) in [6.07, 6.45) is 0. The lowest BCUT2D eigenvalue weighted by Crippen LogP contribution is -2.29. The van der Waals surface area contributed by atoms with Gasteiger partial charge in [-0.15, -0.1) is 0 Å². The van der Waals surface area contributed by atoms with Crippen molar-refractivity contribution in [2.24, 2.45) is 0 Å². The number of carbonyl (C=O) groups is 2. The lowest BCUT2D eigenvalue weighted by Gasteiger charge is -2.27. The average Bonchev–Trinajstić information content (AvgIpc) is 3.14. The summed E-state index contributed by atoms with van der Waals surface area (Å²) in [7, 11) is 1.55. The number of carbonyl (C=O) groups excluding carboxylic acids is 2. The topological polar surface area (TPSA) is 66.8 Å². The second-order valence-electron chi connectivity index (χ2n) is 8.76. The molecule has 1 atom stereocenters. The van der Waals surface area contributed by atoms with Crippen LogP contribution < -0.4 is 9.64 Å². The fourth-order valence-electron chi connectivity index (χ4n) is 4.78. The van der Waals surface area contributed by atoms with Crippen molar-refractivity contribution in [2.45, 2.75) is 19.9 Å². The van der Waals surface area contributed by atoms with Gasteiger partial charge in [-0.3, -0.25) is 14.5 Å². The van der Waals surface area contributed by atoms with E-state index in [1.165, 1.54) is 4.90 Å². The summed E-state index contributed by atoms with van der Waals surface area (Å²) in [5.74, 6) is -1.02. The van der Waals surface area contributed by atoms with E-state index in [2.05, 4.69) is 0 Å². The highest BCUT2D eigenvalue weighted by atomic mass is 16.5. The Morgan fingerprint density at radius 3 is 2.43 bits per heavy atom. The van der Waals surface area contributed by atoms with Crippen molar-refractivity contribution in [3.8, 4) is 5.75 Å². The number of rotatable bonds is 4. The minimum absolute atomic E-state index is 0.0721. The van der Waals surface area contributed by atoms with Gasteiger partial charge in [0.2, 0.25) is 0 Å². The number of ether oxygens (including phenoxy) is 1. The molecule has 0 saturated carbocycles. The summed E-state index contributed by atoms with van der Waals surface area (Å²) in [5.41, 5.74) is 3.65. The monoisotopic (exact) mass is 463 g/mol. The van der Waals surface area contributed by atoms with E-state index in [0.717, 1.165) is 27.5 Å². The molecule has 4 aromatic carbocycles. The summed E-state index contributed by atoms with van der Waals surface area (Å²) < 4.78 is 5.38. The molecular weight excluding hydrogens is 438 g/mol. The minimum Gasteiger partial charge on any atom is -0.507 e. The van der Waals surface area contributed by atoms with Crippen LogP contribution in [0.5, 0.6) is 5.75 Å². The molecule has 1 heterocycles. The third-order valence-corrected chi connectivity index (χ3v) is 6.54. The van der Waals surface area contributed by atoms with Gasteiger partial charge in [0.15, 0.2) is 0 Å². The molecule has 5 rings (SSSR count). The van der Waals surface area contributed by atoms with Crippen molar-refractivity contribution < 1.29 is 19.4 Å². The zero-order chi connectivity index (χ0) is 24.7. The largest absolute Gasteiger partial charge is 0.507 e. The number of fused-ring (bicyclic) bond motifs is 1. The molecule has 1 saturated heterocycles. The van der Waals surface area contributed by atoms with Gasteiger partial charge in [-0.1, -0.05) is 66.2 Å². The molecule has 5 heteroatoms. The maximum absolute atomic E-state index is 13.5. The lowest BCUT2D eigenvalue weighted by molar-refractivity contribution is -0.132. The Hall–Kier alpha value is -4.38. The molecule has 174 valence electrons. The van der Waals surface area contributed by atoms with E-state index < -0.39 is 17.7 Å². The standard InChI is InChI=1S/C30H25NO4/c1-18-14-15-19(2)25(16-18)28(32)26-27(24-13-6-9-20-8-4-5-12-23(20)24)31(30(34)29(26)33)21-10-7-11-22(17-21)35-3/h4-17,27,32H,1-3H3/b28-26+. The van der Waals surface area contributed by atoms with Gasteiger partial charge >= 0.3 is 0 Å². The summed E-state index contributed by atoms with van der Waals surface area (Å²) in [4.78, 5) is 28.5. The number of amides is 1. The Balaban J connectivity index is 1.83. The van der Waals surface area contributed by atoms with Gasteiger partial charge in [-0.2, -0.15) is 0 Å². The van der Waals surface area contributed by atoms with E-state index in [9.17, 15) is 14.7 Å². The minimum atomic E-state index is -0.812. The Bertz CT molecular complexity index is 1510. The van der Waals surface area contributed by atoms with Crippen LogP contribution in [0.1, 0.15) is 28.3 Å². The van der Waals surface area contributed by atoms with Crippen LogP contribution in [0.3, 0.4) is 0 Å². The quantitative estimate of drug-likeness (QED) is 0.226. The first-order chi connectivity index (χ1) is 16.9. The summed E-state index contributed by atoms with van der Waals surface area (Å²) >= 11 is 0. The number of aliphatic hydroxyl groups is 1. The van der Waals surface area contributed by atoms with E-state index in [0.29, 0.717) is 17.0 Å². The first kappa shape index (κ1) is 22.4. The Morgan fingerprint density at radius 1 is 0.886 bits per heavy atom. The summed E-state index contributed by atoms with van der Waals surface area (Å²) in [5, 5.41) is 13.4. The van der Waals surface area contributed by atoms with Gasteiger partial charge in [0, 0.05) is 17.3 Å². The van der Waals surface area contributed by atoms with E-state index >= 15 is 0 Å². The molecule has 1 aliphatic heterocycles. The average molecular weight is 464 g/mol. The maximum Gasteiger partial charge on any atom is 0.300 e. The highest BCUT2D eigenvalue weighted by Gasteiger charge is 2.47. The lowest BCUT2D eigenvalue weighted by atomic mass is 9.90. The van der Waals surface area contributed by atoms with Gasteiger partial charge in [-0.25, -0.2) is 0 Å². The SMILES string of the molecule is COc1cccc(N2C(=O)C(=O)/C(=C(/O)c3cc(C)ccc3C)C2c2cccc3ccccc23)c1. The van der Waals surface area contributed by atoms with Crippen LogP contribution in [0, 0.1) is 13.8 Å². The number of anilines is 1. The zero-order valence-corrected chi connectivity index (χ0v) is 19.8.